The van der Waals surface area contributed by atoms with E-state index < -0.39 is 0 Å². The third-order valence-corrected chi connectivity index (χ3v) is 2.20. The lowest BCUT2D eigenvalue weighted by Gasteiger charge is -2.14. The number of anilines is 1. The molecular formula is C9H11N3O. The molecule has 68 valence electrons. The smallest absolute Gasteiger partial charge is 0.244 e. The Hall–Kier alpha value is -1.42. The summed E-state index contributed by atoms with van der Waals surface area (Å²) in [6.45, 7) is 0.700. The first-order valence-electron chi connectivity index (χ1n) is 4.26. The summed E-state index contributed by atoms with van der Waals surface area (Å²) in [4.78, 5) is 17.1. The first-order valence-corrected chi connectivity index (χ1v) is 4.26. The Morgan fingerprint density at radius 2 is 2.46 bits per heavy atom. The van der Waals surface area contributed by atoms with Crippen LogP contribution in [0.4, 0.5) is 5.69 Å². The summed E-state index contributed by atoms with van der Waals surface area (Å²) in [7, 11) is 0. The number of amides is 1. The largest absolute Gasteiger partial charge is 0.320 e. The topological polar surface area (TPSA) is 59.2 Å². The highest BCUT2D eigenvalue weighted by molar-refractivity contribution is 5.99. The molecule has 0 bridgehead atoms. The van der Waals surface area contributed by atoms with Crippen LogP contribution in [0.5, 0.6) is 0 Å². The lowest BCUT2D eigenvalue weighted by Crippen LogP contribution is -2.33. The number of hydrogen-bond acceptors (Lipinski definition) is 3. The minimum Gasteiger partial charge on any atom is -0.320 e. The van der Waals surface area contributed by atoms with E-state index in [1.807, 2.05) is 12.1 Å². The second kappa shape index (κ2) is 3.14. The molecule has 0 aliphatic carbocycles. The minimum atomic E-state index is -0.333. The standard InChI is InChI=1S/C9H11N3O/c10-8-3-5-12(9(8)13)7-2-1-4-11-6-7/h1-2,4,6,8H,3,5,10H2/t8-/m0/s1. The van der Waals surface area contributed by atoms with Crippen LogP contribution in [0.15, 0.2) is 24.5 Å². The third kappa shape index (κ3) is 1.40. The molecule has 1 aromatic heterocycles. The maximum atomic E-state index is 11.5. The van der Waals surface area contributed by atoms with Crippen molar-refractivity contribution in [2.45, 2.75) is 12.5 Å². The van der Waals surface area contributed by atoms with Gasteiger partial charge in [0.1, 0.15) is 0 Å². The molecule has 1 fully saturated rings. The van der Waals surface area contributed by atoms with E-state index >= 15 is 0 Å². The number of carbonyl (C=O) groups is 1. The van der Waals surface area contributed by atoms with Crippen molar-refractivity contribution in [3.8, 4) is 0 Å². The molecule has 1 saturated heterocycles. The van der Waals surface area contributed by atoms with Gasteiger partial charge in [0.2, 0.25) is 5.91 Å². The highest BCUT2D eigenvalue weighted by atomic mass is 16.2. The average Bonchev–Trinajstić information content (AvgIpc) is 2.49. The van der Waals surface area contributed by atoms with E-state index in [2.05, 4.69) is 4.98 Å². The van der Waals surface area contributed by atoms with Crippen LogP contribution >= 0.6 is 0 Å². The summed E-state index contributed by atoms with van der Waals surface area (Å²) in [6.07, 6.45) is 4.09. The molecule has 4 heteroatoms. The van der Waals surface area contributed by atoms with Crippen LogP contribution in [0, 0.1) is 0 Å². The predicted octanol–water partition coefficient (Wildman–Crippen LogP) is 0.146. The first-order chi connectivity index (χ1) is 6.29. The highest BCUT2D eigenvalue weighted by Gasteiger charge is 2.29. The Labute approximate surface area is 76.4 Å². The van der Waals surface area contributed by atoms with E-state index in [0.29, 0.717) is 6.54 Å². The fourth-order valence-electron chi connectivity index (χ4n) is 1.47. The summed E-state index contributed by atoms with van der Waals surface area (Å²) < 4.78 is 0. The minimum absolute atomic E-state index is 0.00648. The maximum absolute atomic E-state index is 11.5. The lowest BCUT2D eigenvalue weighted by molar-refractivity contribution is -0.118. The zero-order valence-electron chi connectivity index (χ0n) is 7.18. The highest BCUT2D eigenvalue weighted by Crippen LogP contribution is 2.18. The molecule has 0 saturated carbocycles. The summed E-state index contributed by atoms with van der Waals surface area (Å²) in [5.41, 5.74) is 6.43. The molecule has 2 heterocycles. The van der Waals surface area contributed by atoms with Gasteiger partial charge in [0.15, 0.2) is 0 Å². The van der Waals surface area contributed by atoms with E-state index in [9.17, 15) is 4.79 Å². The molecule has 0 unspecified atom stereocenters. The molecule has 1 aliphatic heterocycles. The van der Waals surface area contributed by atoms with Gasteiger partial charge in [-0.3, -0.25) is 9.78 Å². The Bertz CT molecular complexity index is 312. The van der Waals surface area contributed by atoms with Gasteiger partial charge in [0, 0.05) is 12.7 Å². The van der Waals surface area contributed by atoms with Crippen molar-refractivity contribution in [2.24, 2.45) is 5.73 Å². The molecular weight excluding hydrogens is 166 g/mol. The molecule has 0 aromatic carbocycles. The fourth-order valence-corrected chi connectivity index (χ4v) is 1.47. The van der Waals surface area contributed by atoms with Crippen LogP contribution in [0.2, 0.25) is 0 Å². The van der Waals surface area contributed by atoms with Gasteiger partial charge in [0.05, 0.1) is 17.9 Å². The van der Waals surface area contributed by atoms with Crippen LogP contribution < -0.4 is 10.6 Å². The number of rotatable bonds is 1. The summed E-state index contributed by atoms with van der Waals surface area (Å²) in [5.74, 6) is -0.00648. The number of hydrogen-bond donors (Lipinski definition) is 1. The Morgan fingerprint density at radius 1 is 1.62 bits per heavy atom. The predicted molar refractivity (Wildman–Crippen MR) is 49.2 cm³/mol. The Kier molecular flexibility index (Phi) is 1.98. The second-order valence-corrected chi connectivity index (χ2v) is 3.10. The van der Waals surface area contributed by atoms with E-state index in [1.165, 1.54) is 0 Å². The quantitative estimate of drug-likeness (QED) is 0.664. The second-order valence-electron chi connectivity index (χ2n) is 3.10. The number of nitrogens with two attached hydrogens (primary N) is 1. The van der Waals surface area contributed by atoms with Crippen molar-refractivity contribution in [1.29, 1.82) is 0 Å². The lowest BCUT2D eigenvalue weighted by atomic mass is 10.3. The van der Waals surface area contributed by atoms with Gasteiger partial charge < -0.3 is 10.6 Å². The molecule has 0 spiro atoms. The molecule has 2 N–H and O–H groups in total. The number of carbonyl (C=O) groups excluding carboxylic acids is 1. The Morgan fingerprint density at radius 3 is 3.00 bits per heavy atom. The molecule has 2 rings (SSSR count). The van der Waals surface area contributed by atoms with Crippen molar-refractivity contribution >= 4 is 11.6 Å². The van der Waals surface area contributed by atoms with Crippen molar-refractivity contribution in [3.05, 3.63) is 24.5 Å². The zero-order chi connectivity index (χ0) is 9.26. The number of pyridine rings is 1. The van der Waals surface area contributed by atoms with Crippen molar-refractivity contribution in [1.82, 2.24) is 4.98 Å². The van der Waals surface area contributed by atoms with Crippen LogP contribution in [-0.2, 0) is 4.79 Å². The third-order valence-electron chi connectivity index (χ3n) is 2.20. The molecule has 1 aromatic rings. The number of nitrogens with zero attached hydrogens (tertiary/aromatic N) is 2. The zero-order valence-corrected chi connectivity index (χ0v) is 7.18. The van der Waals surface area contributed by atoms with Crippen LogP contribution in [-0.4, -0.2) is 23.5 Å². The summed E-state index contributed by atoms with van der Waals surface area (Å²) in [6, 6.07) is 3.34. The SMILES string of the molecule is N[C@H]1CCN(c2cccnc2)C1=O. The van der Waals surface area contributed by atoms with E-state index in [-0.39, 0.29) is 11.9 Å². The van der Waals surface area contributed by atoms with Crippen LogP contribution in [0.1, 0.15) is 6.42 Å². The fraction of sp³-hybridized carbons (Fsp3) is 0.333. The van der Waals surface area contributed by atoms with Crippen molar-refractivity contribution in [2.75, 3.05) is 11.4 Å². The van der Waals surface area contributed by atoms with Gasteiger partial charge in [-0.15, -0.1) is 0 Å². The monoisotopic (exact) mass is 177 g/mol. The van der Waals surface area contributed by atoms with Gasteiger partial charge in [-0.25, -0.2) is 0 Å². The molecule has 13 heavy (non-hydrogen) atoms. The molecule has 1 atom stereocenters. The van der Waals surface area contributed by atoms with Crippen molar-refractivity contribution in [3.63, 3.8) is 0 Å². The van der Waals surface area contributed by atoms with E-state index in [4.69, 9.17) is 5.73 Å². The summed E-state index contributed by atoms with van der Waals surface area (Å²) >= 11 is 0. The molecule has 1 amide bonds. The van der Waals surface area contributed by atoms with E-state index in [0.717, 1.165) is 12.1 Å². The molecule has 0 radical (unpaired) electrons. The first kappa shape index (κ1) is 8.19. The van der Waals surface area contributed by atoms with Gasteiger partial charge >= 0.3 is 0 Å². The summed E-state index contributed by atoms with van der Waals surface area (Å²) in [5, 5.41) is 0. The van der Waals surface area contributed by atoms with Crippen LogP contribution in [0.3, 0.4) is 0 Å². The maximum Gasteiger partial charge on any atom is 0.244 e. The van der Waals surface area contributed by atoms with Gasteiger partial charge in [-0.1, -0.05) is 0 Å². The van der Waals surface area contributed by atoms with Gasteiger partial charge in [-0.05, 0) is 18.6 Å². The van der Waals surface area contributed by atoms with Crippen molar-refractivity contribution < 1.29 is 4.79 Å². The van der Waals surface area contributed by atoms with E-state index in [1.54, 1.807) is 17.3 Å². The average molecular weight is 177 g/mol. The molecule has 1 aliphatic rings. The van der Waals surface area contributed by atoms with Gasteiger partial charge in [-0.2, -0.15) is 0 Å². The van der Waals surface area contributed by atoms with Crippen LogP contribution in [0.25, 0.3) is 0 Å². The molecule has 4 nitrogen and oxygen atoms in total. The van der Waals surface area contributed by atoms with Gasteiger partial charge in [0.25, 0.3) is 0 Å². The normalized spacial score (nSPS) is 22.4. The number of aromatic nitrogens is 1. The Balaban J connectivity index is 2.24.